The van der Waals surface area contributed by atoms with Crippen LogP contribution >= 0.6 is 0 Å². The fourth-order valence-electron chi connectivity index (χ4n) is 3.96. The molecule has 0 saturated heterocycles. The van der Waals surface area contributed by atoms with E-state index < -0.39 is 0 Å². The first-order valence-electron chi connectivity index (χ1n) is 8.87. The van der Waals surface area contributed by atoms with Gasteiger partial charge in [0.25, 0.3) is 0 Å². The average molecular weight is 350 g/mol. The molecule has 0 aliphatic carbocycles. The maximum Gasteiger partial charge on any atom is 0.119 e. The van der Waals surface area contributed by atoms with Gasteiger partial charge in [-0.05, 0) is 67.8 Å². The molecule has 1 atom stereocenters. The predicted octanol–water partition coefficient (Wildman–Crippen LogP) is 4.58. The Balaban J connectivity index is 2.15. The van der Waals surface area contributed by atoms with Gasteiger partial charge >= 0.3 is 0 Å². The van der Waals surface area contributed by atoms with Crippen molar-refractivity contribution in [1.29, 1.82) is 5.41 Å². The predicted molar refractivity (Wildman–Crippen MR) is 107 cm³/mol. The van der Waals surface area contributed by atoms with Gasteiger partial charge in [0.05, 0.1) is 14.2 Å². The number of likely N-dealkylation sites (N-methyl/N-ethyl adjacent to an activating group) is 1. The summed E-state index contributed by atoms with van der Waals surface area (Å²) in [5.74, 6) is 1.72. The quantitative estimate of drug-likeness (QED) is 0.776. The minimum absolute atomic E-state index is 0.246. The number of rotatable bonds is 6. The zero-order chi connectivity index (χ0) is 18.7. The van der Waals surface area contributed by atoms with E-state index in [-0.39, 0.29) is 5.41 Å². The first-order chi connectivity index (χ1) is 12.6. The maximum absolute atomic E-state index is 7.67. The van der Waals surface area contributed by atoms with Gasteiger partial charge in [0.1, 0.15) is 11.5 Å². The Labute approximate surface area is 155 Å². The molecule has 136 valence electrons. The number of anilines is 1. The molecule has 4 nitrogen and oxygen atoms in total. The van der Waals surface area contributed by atoms with Gasteiger partial charge in [-0.2, -0.15) is 0 Å². The van der Waals surface area contributed by atoms with Crippen molar-refractivity contribution in [2.24, 2.45) is 0 Å². The summed E-state index contributed by atoms with van der Waals surface area (Å²) in [5, 5.41) is 7.67. The summed E-state index contributed by atoms with van der Waals surface area (Å²) in [6.07, 6.45) is 4.11. The number of allylic oxidation sites excluding steroid dienone is 2. The Morgan fingerprint density at radius 3 is 2.46 bits per heavy atom. The van der Waals surface area contributed by atoms with Crippen molar-refractivity contribution in [2.45, 2.75) is 25.7 Å². The minimum atomic E-state index is -0.246. The van der Waals surface area contributed by atoms with Crippen molar-refractivity contribution >= 4 is 11.9 Å². The van der Waals surface area contributed by atoms with E-state index in [9.17, 15) is 0 Å². The minimum Gasteiger partial charge on any atom is -0.497 e. The summed E-state index contributed by atoms with van der Waals surface area (Å²) in [6, 6.07) is 14.4. The molecule has 0 saturated carbocycles. The zero-order valence-electron chi connectivity index (χ0n) is 15.9. The topological polar surface area (TPSA) is 45.6 Å². The normalized spacial score (nSPS) is 20.2. The fourth-order valence-corrected chi connectivity index (χ4v) is 3.96. The van der Waals surface area contributed by atoms with Gasteiger partial charge < -0.3 is 19.8 Å². The Bertz CT molecular complexity index is 844. The summed E-state index contributed by atoms with van der Waals surface area (Å²) < 4.78 is 10.9. The number of benzene rings is 2. The molecule has 0 bridgehead atoms. The van der Waals surface area contributed by atoms with Gasteiger partial charge in [-0.3, -0.25) is 0 Å². The van der Waals surface area contributed by atoms with Gasteiger partial charge in [-0.15, -0.1) is 0 Å². The Hall–Kier alpha value is -2.75. The van der Waals surface area contributed by atoms with Gasteiger partial charge in [-0.1, -0.05) is 12.1 Å². The molecule has 4 heteroatoms. The van der Waals surface area contributed by atoms with Crippen LogP contribution in [0.15, 0.2) is 54.2 Å². The monoisotopic (exact) mass is 350 g/mol. The van der Waals surface area contributed by atoms with Crippen LogP contribution in [0.3, 0.4) is 0 Å². The molecule has 0 fully saturated rings. The van der Waals surface area contributed by atoms with Crippen molar-refractivity contribution in [3.05, 3.63) is 65.4 Å². The second-order valence-corrected chi connectivity index (χ2v) is 6.71. The lowest BCUT2D eigenvalue weighted by Gasteiger charge is -2.30. The van der Waals surface area contributed by atoms with Crippen molar-refractivity contribution < 1.29 is 9.47 Å². The smallest absolute Gasteiger partial charge is 0.119 e. The molecule has 26 heavy (non-hydrogen) atoms. The average Bonchev–Trinajstić information content (AvgIpc) is 2.89. The zero-order valence-corrected chi connectivity index (χ0v) is 15.9. The summed E-state index contributed by atoms with van der Waals surface area (Å²) in [5.41, 5.74) is 4.51. The van der Waals surface area contributed by atoms with Crippen LogP contribution in [-0.4, -0.2) is 27.0 Å². The molecule has 2 aromatic rings. The number of fused-ring (bicyclic) bond motifs is 1. The lowest BCUT2D eigenvalue weighted by Crippen LogP contribution is -2.30. The highest BCUT2D eigenvalue weighted by molar-refractivity contribution is 5.79. The van der Waals surface area contributed by atoms with Crippen LogP contribution in [0.1, 0.15) is 25.0 Å². The molecule has 0 amide bonds. The molecular weight excluding hydrogens is 324 g/mol. The lowest BCUT2D eigenvalue weighted by atomic mass is 9.76. The van der Waals surface area contributed by atoms with Crippen LogP contribution in [0.4, 0.5) is 5.69 Å². The number of hydrogen-bond acceptors (Lipinski definition) is 4. The van der Waals surface area contributed by atoms with Crippen LogP contribution in [0, 0.1) is 5.41 Å². The summed E-state index contributed by atoms with van der Waals surface area (Å²) >= 11 is 0. The van der Waals surface area contributed by atoms with E-state index in [0.717, 1.165) is 30.2 Å². The molecule has 1 heterocycles. The molecule has 1 N–H and O–H groups in total. The third kappa shape index (κ3) is 2.96. The molecular formula is C22H26N2O2. The molecule has 2 aromatic carbocycles. The van der Waals surface area contributed by atoms with Crippen LogP contribution in [0.2, 0.25) is 0 Å². The standard InChI is InChI=1S/C22H26N2O2/c1-5-24-20-10-9-18(26-4)14-19(20)22(2,21(24)11-12-23)15-16-7-6-8-17(13-16)25-3/h6-14,23H,5,15H2,1-4H3/b21-11-,23-12?. The summed E-state index contributed by atoms with van der Waals surface area (Å²) in [6.45, 7) is 5.24. The van der Waals surface area contributed by atoms with Gasteiger partial charge in [0.2, 0.25) is 0 Å². The maximum atomic E-state index is 7.67. The van der Waals surface area contributed by atoms with Crippen molar-refractivity contribution in [3.8, 4) is 11.5 Å². The van der Waals surface area contributed by atoms with E-state index in [0.29, 0.717) is 0 Å². The Morgan fingerprint density at radius 1 is 1.08 bits per heavy atom. The molecule has 1 aliphatic heterocycles. The second kappa shape index (κ2) is 7.24. The highest BCUT2D eigenvalue weighted by Crippen LogP contribution is 2.50. The largest absolute Gasteiger partial charge is 0.497 e. The van der Waals surface area contributed by atoms with Crippen LogP contribution < -0.4 is 14.4 Å². The third-order valence-electron chi connectivity index (χ3n) is 5.19. The third-order valence-corrected chi connectivity index (χ3v) is 5.19. The molecule has 1 unspecified atom stereocenters. The number of methoxy groups -OCH3 is 2. The van der Waals surface area contributed by atoms with Crippen molar-refractivity contribution in [3.63, 3.8) is 0 Å². The van der Waals surface area contributed by atoms with Crippen LogP contribution in [0.5, 0.6) is 11.5 Å². The number of ether oxygens (including phenoxy) is 2. The summed E-state index contributed by atoms with van der Waals surface area (Å²) in [7, 11) is 3.39. The first kappa shape index (κ1) is 18.1. The molecule has 0 aromatic heterocycles. The fraction of sp³-hybridized carbons (Fsp3) is 0.318. The number of hydrogen-bond donors (Lipinski definition) is 1. The highest BCUT2D eigenvalue weighted by atomic mass is 16.5. The summed E-state index contributed by atoms with van der Waals surface area (Å²) in [4.78, 5) is 2.29. The highest BCUT2D eigenvalue weighted by Gasteiger charge is 2.43. The van der Waals surface area contributed by atoms with Crippen LogP contribution in [0.25, 0.3) is 0 Å². The number of nitrogens with one attached hydrogen (secondary N) is 1. The van der Waals surface area contributed by atoms with Gasteiger partial charge in [0.15, 0.2) is 0 Å². The molecule has 0 radical (unpaired) electrons. The Morgan fingerprint density at radius 2 is 1.81 bits per heavy atom. The molecule has 1 aliphatic rings. The number of nitrogens with zero attached hydrogens (tertiary/aromatic N) is 1. The van der Waals surface area contributed by atoms with Gasteiger partial charge in [-0.25, -0.2) is 0 Å². The Kier molecular flexibility index (Phi) is 5.03. The van der Waals surface area contributed by atoms with E-state index in [2.05, 4.69) is 43.0 Å². The van der Waals surface area contributed by atoms with Crippen molar-refractivity contribution in [2.75, 3.05) is 25.7 Å². The van der Waals surface area contributed by atoms with Crippen molar-refractivity contribution in [1.82, 2.24) is 0 Å². The van der Waals surface area contributed by atoms with E-state index >= 15 is 0 Å². The van der Waals surface area contributed by atoms with E-state index in [1.165, 1.54) is 23.0 Å². The second-order valence-electron chi connectivity index (χ2n) is 6.71. The SMILES string of the molecule is CCN1/C(=C\C=N)C(C)(Cc2cccc(OC)c2)c2cc(OC)ccc21. The van der Waals surface area contributed by atoms with Crippen LogP contribution in [-0.2, 0) is 11.8 Å². The van der Waals surface area contributed by atoms with Gasteiger partial charge in [0, 0.05) is 29.6 Å². The van der Waals surface area contributed by atoms with E-state index in [4.69, 9.17) is 14.9 Å². The van der Waals surface area contributed by atoms with E-state index in [1.807, 2.05) is 24.3 Å². The molecule has 0 spiro atoms. The lowest BCUT2D eigenvalue weighted by molar-refractivity contribution is 0.412. The first-order valence-corrected chi connectivity index (χ1v) is 8.87. The molecule has 3 rings (SSSR count). The van der Waals surface area contributed by atoms with E-state index in [1.54, 1.807) is 14.2 Å².